The van der Waals surface area contributed by atoms with Crippen LogP contribution in [0.1, 0.15) is 13.3 Å². The maximum absolute atomic E-state index is 11.6. The minimum atomic E-state index is -0.0331. The van der Waals surface area contributed by atoms with Crippen LogP contribution in [-0.2, 0) is 4.79 Å². The van der Waals surface area contributed by atoms with Crippen molar-refractivity contribution in [2.45, 2.75) is 13.3 Å². The molecular formula is C11H15IN2O. The number of nitrogens with two attached hydrogens (primary N) is 1. The summed E-state index contributed by atoms with van der Waals surface area (Å²) in [5.41, 5.74) is 6.24. The molecular weight excluding hydrogens is 303 g/mol. The Hall–Kier alpha value is -0.620. The first-order valence-electron chi connectivity index (χ1n) is 4.90. The molecule has 3 N–H and O–H groups in total. The van der Waals surface area contributed by atoms with Crippen molar-refractivity contribution in [3.63, 3.8) is 0 Å². The largest absolute Gasteiger partial charge is 0.330 e. The molecule has 0 aromatic heterocycles. The maximum atomic E-state index is 11.6. The van der Waals surface area contributed by atoms with Crippen LogP contribution in [-0.4, -0.2) is 12.5 Å². The number of hydrogen-bond acceptors (Lipinski definition) is 2. The smallest absolute Gasteiger partial charge is 0.227 e. The van der Waals surface area contributed by atoms with Gasteiger partial charge in [0, 0.05) is 15.2 Å². The maximum Gasteiger partial charge on any atom is 0.227 e. The highest BCUT2D eigenvalue weighted by molar-refractivity contribution is 14.1. The van der Waals surface area contributed by atoms with Crippen molar-refractivity contribution < 1.29 is 4.79 Å². The Kier molecular flexibility index (Phi) is 5.04. The van der Waals surface area contributed by atoms with E-state index in [-0.39, 0.29) is 11.8 Å². The molecule has 0 aliphatic carbocycles. The quantitative estimate of drug-likeness (QED) is 0.837. The first-order chi connectivity index (χ1) is 7.13. The van der Waals surface area contributed by atoms with Crippen molar-refractivity contribution in [2.24, 2.45) is 11.7 Å². The minimum absolute atomic E-state index is 0.0293. The van der Waals surface area contributed by atoms with Crippen LogP contribution in [0.4, 0.5) is 5.69 Å². The van der Waals surface area contributed by atoms with E-state index in [0.29, 0.717) is 6.54 Å². The SMILES string of the molecule is CC(CCN)C(=O)Nc1ccc(I)cc1. The highest BCUT2D eigenvalue weighted by Crippen LogP contribution is 2.12. The summed E-state index contributed by atoms with van der Waals surface area (Å²) in [4.78, 5) is 11.6. The van der Waals surface area contributed by atoms with Gasteiger partial charge in [-0.05, 0) is 59.8 Å². The van der Waals surface area contributed by atoms with Crippen molar-refractivity contribution in [3.05, 3.63) is 27.8 Å². The summed E-state index contributed by atoms with van der Waals surface area (Å²) in [6.07, 6.45) is 0.718. The van der Waals surface area contributed by atoms with E-state index in [1.807, 2.05) is 31.2 Å². The third kappa shape index (κ3) is 4.17. The lowest BCUT2D eigenvalue weighted by Crippen LogP contribution is -2.22. The van der Waals surface area contributed by atoms with Gasteiger partial charge in [-0.25, -0.2) is 0 Å². The zero-order valence-corrected chi connectivity index (χ0v) is 10.8. The number of anilines is 1. The molecule has 0 saturated heterocycles. The first kappa shape index (κ1) is 12.4. The summed E-state index contributed by atoms with van der Waals surface area (Å²) in [5, 5.41) is 2.86. The van der Waals surface area contributed by atoms with Crippen LogP contribution in [0.25, 0.3) is 0 Å². The lowest BCUT2D eigenvalue weighted by molar-refractivity contribution is -0.119. The summed E-state index contributed by atoms with van der Waals surface area (Å²) < 4.78 is 1.15. The Bertz CT molecular complexity index is 324. The Morgan fingerprint density at radius 1 is 1.47 bits per heavy atom. The second kappa shape index (κ2) is 6.07. The number of hydrogen-bond donors (Lipinski definition) is 2. The number of halogens is 1. The third-order valence-corrected chi connectivity index (χ3v) is 2.88. The molecule has 1 rings (SSSR count). The molecule has 4 heteroatoms. The van der Waals surface area contributed by atoms with Crippen LogP contribution in [0.3, 0.4) is 0 Å². The van der Waals surface area contributed by atoms with Crippen LogP contribution < -0.4 is 11.1 Å². The van der Waals surface area contributed by atoms with Crippen molar-refractivity contribution in [3.8, 4) is 0 Å². The van der Waals surface area contributed by atoms with Gasteiger partial charge in [-0.3, -0.25) is 4.79 Å². The molecule has 0 spiro atoms. The lowest BCUT2D eigenvalue weighted by Gasteiger charge is -2.10. The molecule has 1 aromatic rings. The molecule has 0 radical (unpaired) electrons. The standard InChI is InChI=1S/C11H15IN2O/c1-8(6-7-13)11(15)14-10-4-2-9(12)3-5-10/h2-5,8H,6-7,13H2,1H3,(H,14,15). The topological polar surface area (TPSA) is 55.1 Å². The molecule has 0 bridgehead atoms. The van der Waals surface area contributed by atoms with E-state index in [9.17, 15) is 4.79 Å². The molecule has 1 atom stereocenters. The third-order valence-electron chi connectivity index (χ3n) is 2.16. The summed E-state index contributed by atoms with van der Waals surface area (Å²) in [7, 11) is 0. The molecule has 1 unspecified atom stereocenters. The van der Waals surface area contributed by atoms with Gasteiger partial charge in [-0.1, -0.05) is 6.92 Å². The molecule has 3 nitrogen and oxygen atoms in total. The predicted molar refractivity (Wildman–Crippen MR) is 70.6 cm³/mol. The lowest BCUT2D eigenvalue weighted by atomic mass is 10.1. The van der Waals surface area contributed by atoms with Gasteiger partial charge in [0.25, 0.3) is 0 Å². The average molecular weight is 318 g/mol. The van der Waals surface area contributed by atoms with Gasteiger partial charge < -0.3 is 11.1 Å². The van der Waals surface area contributed by atoms with Crippen LogP contribution in [0, 0.1) is 9.49 Å². The van der Waals surface area contributed by atoms with Gasteiger partial charge in [0.2, 0.25) is 5.91 Å². The van der Waals surface area contributed by atoms with Gasteiger partial charge in [-0.15, -0.1) is 0 Å². The fourth-order valence-electron chi connectivity index (χ4n) is 1.18. The van der Waals surface area contributed by atoms with Crippen LogP contribution >= 0.6 is 22.6 Å². The van der Waals surface area contributed by atoms with Crippen LogP contribution in [0.2, 0.25) is 0 Å². The summed E-state index contributed by atoms with van der Waals surface area (Å²) in [6.45, 7) is 2.43. The van der Waals surface area contributed by atoms with Crippen molar-refractivity contribution >= 4 is 34.2 Å². The Balaban J connectivity index is 2.54. The molecule has 0 aliphatic rings. The summed E-state index contributed by atoms with van der Waals surface area (Å²) >= 11 is 2.23. The normalized spacial score (nSPS) is 12.2. The molecule has 15 heavy (non-hydrogen) atoms. The zero-order valence-electron chi connectivity index (χ0n) is 8.66. The Labute approximate surface area is 104 Å². The number of carbonyl (C=O) groups is 1. The highest BCUT2D eigenvalue weighted by Gasteiger charge is 2.11. The predicted octanol–water partition coefficient (Wildman–Crippen LogP) is 2.21. The van der Waals surface area contributed by atoms with Gasteiger partial charge in [0.1, 0.15) is 0 Å². The monoisotopic (exact) mass is 318 g/mol. The number of amides is 1. The van der Waals surface area contributed by atoms with Gasteiger partial charge >= 0.3 is 0 Å². The van der Waals surface area contributed by atoms with Crippen molar-refractivity contribution in [2.75, 3.05) is 11.9 Å². The number of carbonyl (C=O) groups excluding carboxylic acids is 1. The molecule has 0 aliphatic heterocycles. The van der Waals surface area contributed by atoms with E-state index in [4.69, 9.17) is 5.73 Å². The van der Waals surface area contributed by atoms with Gasteiger partial charge in [0.15, 0.2) is 0 Å². The second-order valence-electron chi connectivity index (χ2n) is 3.47. The second-order valence-corrected chi connectivity index (χ2v) is 4.72. The number of benzene rings is 1. The van der Waals surface area contributed by atoms with E-state index in [0.717, 1.165) is 15.7 Å². The molecule has 82 valence electrons. The van der Waals surface area contributed by atoms with Gasteiger partial charge in [0.05, 0.1) is 0 Å². The fraction of sp³-hybridized carbons (Fsp3) is 0.364. The van der Waals surface area contributed by atoms with Crippen LogP contribution in [0.5, 0.6) is 0 Å². The first-order valence-corrected chi connectivity index (χ1v) is 5.98. The van der Waals surface area contributed by atoms with E-state index in [1.165, 1.54) is 0 Å². The zero-order chi connectivity index (χ0) is 11.3. The summed E-state index contributed by atoms with van der Waals surface area (Å²) in [6, 6.07) is 7.72. The van der Waals surface area contributed by atoms with E-state index in [1.54, 1.807) is 0 Å². The highest BCUT2D eigenvalue weighted by atomic mass is 127. The minimum Gasteiger partial charge on any atom is -0.330 e. The van der Waals surface area contributed by atoms with Crippen LogP contribution in [0.15, 0.2) is 24.3 Å². The summed E-state index contributed by atoms with van der Waals surface area (Å²) in [5.74, 6) is -0.00376. The number of nitrogens with one attached hydrogen (secondary N) is 1. The van der Waals surface area contributed by atoms with E-state index in [2.05, 4.69) is 27.9 Å². The van der Waals surface area contributed by atoms with Crippen molar-refractivity contribution in [1.82, 2.24) is 0 Å². The average Bonchev–Trinajstić information content (AvgIpc) is 2.22. The molecule has 1 amide bonds. The van der Waals surface area contributed by atoms with Crippen molar-refractivity contribution in [1.29, 1.82) is 0 Å². The molecule has 1 aromatic carbocycles. The Morgan fingerprint density at radius 2 is 2.07 bits per heavy atom. The Morgan fingerprint density at radius 3 is 2.60 bits per heavy atom. The fourth-order valence-corrected chi connectivity index (χ4v) is 1.54. The molecule has 0 saturated carbocycles. The van der Waals surface area contributed by atoms with E-state index >= 15 is 0 Å². The molecule has 0 fully saturated rings. The molecule has 0 heterocycles. The number of rotatable bonds is 4. The van der Waals surface area contributed by atoms with Gasteiger partial charge in [-0.2, -0.15) is 0 Å². The van der Waals surface area contributed by atoms with E-state index < -0.39 is 0 Å².